The number of imidazole rings is 1. The molecule has 3 rings (SSSR count). The zero-order valence-electron chi connectivity index (χ0n) is 22.8. The molecule has 13 heteroatoms. The molecule has 0 radical (unpaired) electrons. The van der Waals surface area contributed by atoms with Crippen molar-refractivity contribution in [3.05, 3.63) is 84.4 Å². The molecule has 0 aliphatic heterocycles. The van der Waals surface area contributed by atoms with Gasteiger partial charge in [0.15, 0.2) is 0 Å². The van der Waals surface area contributed by atoms with Gasteiger partial charge in [0.2, 0.25) is 0 Å². The molecule has 3 aromatic rings. The highest BCUT2D eigenvalue weighted by Crippen LogP contribution is 2.36. The highest BCUT2D eigenvalue weighted by atomic mass is 127. The van der Waals surface area contributed by atoms with E-state index in [1.54, 1.807) is 24.3 Å². The van der Waals surface area contributed by atoms with Gasteiger partial charge in [0.05, 0.1) is 34.5 Å². The lowest BCUT2D eigenvalue weighted by Gasteiger charge is -2.22. The molecule has 220 valence electrons. The van der Waals surface area contributed by atoms with Crippen molar-refractivity contribution in [1.82, 2.24) is 9.55 Å². The molecule has 0 unspecified atom stereocenters. The predicted octanol–water partition coefficient (Wildman–Crippen LogP) is 7.86. The summed E-state index contributed by atoms with van der Waals surface area (Å²) in [4.78, 5) is 4.91. The number of nitrogens with zero attached hydrogens (tertiary/aromatic N) is 2. The van der Waals surface area contributed by atoms with Gasteiger partial charge in [-0.1, -0.05) is 55.0 Å². The van der Waals surface area contributed by atoms with Gasteiger partial charge < -0.3 is 9.30 Å². The first kappa shape index (κ1) is 33.4. The lowest BCUT2D eigenvalue weighted by Crippen LogP contribution is -2.23. The minimum absolute atomic E-state index is 0.0407. The van der Waals surface area contributed by atoms with Gasteiger partial charge in [-0.25, -0.2) is 13.8 Å². The Balaban J connectivity index is 2.05. The molecule has 0 N–H and O–H groups in total. The molecular weight excluding hydrogens is 712 g/mol. The van der Waals surface area contributed by atoms with Crippen molar-refractivity contribution < 1.29 is 26.1 Å². The fraction of sp³-hybridized carbons (Fsp3) is 0.444. The molecule has 1 aromatic heterocycles. The molecule has 0 spiro atoms. The van der Waals surface area contributed by atoms with E-state index in [4.69, 9.17) is 37.1 Å². The van der Waals surface area contributed by atoms with Crippen LogP contribution in [0.1, 0.15) is 41.4 Å². The largest absolute Gasteiger partial charge is 0.361 e. The topological polar surface area (TPSA) is 70.4 Å². The number of aromatic nitrogens is 2. The molecule has 2 aromatic carbocycles. The van der Waals surface area contributed by atoms with Crippen LogP contribution in [-0.2, 0) is 32.2 Å². The second kappa shape index (κ2) is 14.4. The third kappa shape index (κ3) is 9.74. The van der Waals surface area contributed by atoms with E-state index < -0.39 is 35.7 Å². The van der Waals surface area contributed by atoms with Crippen molar-refractivity contribution in [3.8, 4) is 0 Å². The lowest BCUT2D eigenvalue weighted by molar-refractivity contribution is 0.0829. The summed E-state index contributed by atoms with van der Waals surface area (Å²) in [6.07, 6.45) is 2.81. The van der Waals surface area contributed by atoms with Crippen LogP contribution in [-0.4, -0.2) is 45.5 Å². The van der Waals surface area contributed by atoms with Crippen LogP contribution in [0, 0.1) is 15.3 Å². The Morgan fingerprint density at radius 2 is 1.57 bits per heavy atom. The van der Waals surface area contributed by atoms with Gasteiger partial charge in [-0.3, -0.25) is 4.18 Å². The number of rotatable bonds is 14. The van der Waals surface area contributed by atoms with E-state index >= 15 is 0 Å². The summed E-state index contributed by atoms with van der Waals surface area (Å²) in [5.41, 5.74) is 2.23. The van der Waals surface area contributed by atoms with Crippen LogP contribution in [0.3, 0.4) is 0 Å². The number of unbranched alkanes of at least 4 members (excludes halogenated alkanes) is 1. The van der Waals surface area contributed by atoms with Gasteiger partial charge >= 0.3 is 0 Å². The summed E-state index contributed by atoms with van der Waals surface area (Å²) in [5.74, 6) is -1.03. The molecule has 0 aliphatic carbocycles. The van der Waals surface area contributed by atoms with Gasteiger partial charge in [-0.05, 0) is 83.3 Å². The molecule has 1 heterocycles. The highest BCUT2D eigenvalue weighted by molar-refractivity contribution is 14.1. The van der Waals surface area contributed by atoms with E-state index in [-0.39, 0.29) is 23.4 Å². The van der Waals surface area contributed by atoms with E-state index in [1.807, 2.05) is 4.57 Å². The van der Waals surface area contributed by atoms with Crippen molar-refractivity contribution in [2.24, 2.45) is 0 Å². The molecule has 0 saturated carbocycles. The molecule has 0 saturated heterocycles. The minimum Gasteiger partial charge on any atom is -0.361 e. The Kier molecular flexibility index (Phi) is 12.0. The number of halogens is 5. The smallest absolute Gasteiger partial charge is 0.264 e. The van der Waals surface area contributed by atoms with Gasteiger partial charge in [0, 0.05) is 14.7 Å². The Morgan fingerprint density at radius 3 is 2.08 bits per heavy atom. The summed E-state index contributed by atoms with van der Waals surface area (Å²) in [6, 6.07) is 9.91. The van der Waals surface area contributed by atoms with Crippen LogP contribution >= 0.6 is 45.8 Å². The average molecular weight is 746 g/mol. The number of ether oxygens (including phenoxy) is 1. The Hall–Kier alpha value is -1.09. The van der Waals surface area contributed by atoms with Gasteiger partial charge in [-0.2, -0.15) is 8.42 Å². The van der Waals surface area contributed by atoms with Crippen molar-refractivity contribution in [1.29, 1.82) is 0 Å². The van der Waals surface area contributed by atoms with Crippen LogP contribution in [0.2, 0.25) is 35.7 Å². The van der Waals surface area contributed by atoms with Crippen LogP contribution in [0.25, 0.3) is 0 Å². The number of hydrogen-bond acceptors (Lipinski definition) is 5. The molecule has 0 amide bonds. The van der Waals surface area contributed by atoms with Crippen LogP contribution in [0.4, 0.5) is 8.78 Å². The zero-order chi connectivity index (χ0) is 29.7. The molecule has 0 aliphatic rings. The molecule has 40 heavy (non-hydrogen) atoms. The van der Waals surface area contributed by atoms with Crippen LogP contribution in [0.15, 0.2) is 36.4 Å². The first-order valence-corrected chi connectivity index (χ1v) is 20.1. The van der Waals surface area contributed by atoms with Gasteiger partial charge in [0.25, 0.3) is 10.1 Å². The van der Waals surface area contributed by atoms with E-state index in [2.05, 4.69) is 42.2 Å². The summed E-state index contributed by atoms with van der Waals surface area (Å²) >= 11 is 14.5. The summed E-state index contributed by atoms with van der Waals surface area (Å²) in [7, 11) is -4.83. The normalized spacial score (nSPS) is 12.4. The SMILES string of the molecule is C[Si](C)(C)CCOCn1c(C(c2ccc(F)c(Cl)c2)c2ccc(F)c(Cl)c2)nc(I)c1CCCCOS(C)(=O)=O. The second-order valence-electron chi connectivity index (χ2n) is 10.7. The van der Waals surface area contributed by atoms with Crippen molar-refractivity contribution in [2.45, 2.75) is 57.6 Å². The molecule has 0 bridgehead atoms. The first-order chi connectivity index (χ1) is 18.7. The number of benzene rings is 2. The van der Waals surface area contributed by atoms with Gasteiger partial charge in [-0.15, -0.1) is 0 Å². The maximum atomic E-state index is 14.1. The van der Waals surface area contributed by atoms with E-state index in [0.29, 0.717) is 42.8 Å². The molecule has 6 nitrogen and oxygen atoms in total. The van der Waals surface area contributed by atoms with Crippen LogP contribution < -0.4 is 0 Å². The monoisotopic (exact) mass is 744 g/mol. The third-order valence-corrected chi connectivity index (χ3v) is 9.93. The summed E-state index contributed by atoms with van der Waals surface area (Å²) < 4.78 is 64.6. The minimum atomic E-state index is -3.51. The summed E-state index contributed by atoms with van der Waals surface area (Å²) in [6.45, 7) is 7.73. The average Bonchev–Trinajstić information content (AvgIpc) is 3.14. The zero-order valence-corrected chi connectivity index (χ0v) is 28.3. The van der Waals surface area contributed by atoms with E-state index in [0.717, 1.165) is 21.7 Å². The van der Waals surface area contributed by atoms with Crippen molar-refractivity contribution >= 4 is 64.0 Å². The molecule has 0 atom stereocenters. The fourth-order valence-corrected chi connectivity index (χ4v) is 6.45. The maximum Gasteiger partial charge on any atom is 0.264 e. The second-order valence-corrected chi connectivity index (χ2v) is 19.8. The van der Waals surface area contributed by atoms with Gasteiger partial charge in [0.1, 0.15) is 27.9 Å². The molecular formula is C27H33Cl2F2IN2O4SSi. The third-order valence-electron chi connectivity index (χ3n) is 6.19. The predicted molar refractivity (Wildman–Crippen MR) is 167 cm³/mol. The maximum absolute atomic E-state index is 14.1. The highest BCUT2D eigenvalue weighted by Gasteiger charge is 2.27. The van der Waals surface area contributed by atoms with Crippen molar-refractivity contribution in [3.63, 3.8) is 0 Å². The van der Waals surface area contributed by atoms with Crippen LogP contribution in [0.5, 0.6) is 0 Å². The van der Waals surface area contributed by atoms with E-state index in [9.17, 15) is 17.2 Å². The Bertz CT molecular complexity index is 1380. The first-order valence-electron chi connectivity index (χ1n) is 12.7. The number of hydrogen-bond donors (Lipinski definition) is 0. The Labute approximate surface area is 259 Å². The lowest BCUT2D eigenvalue weighted by atomic mass is 9.90. The van der Waals surface area contributed by atoms with E-state index in [1.165, 1.54) is 12.1 Å². The standard InChI is InChI=1S/C27H33Cl2F2IN2O4SSi/c1-39(35,36)38-12-6-5-7-24-26(32)33-27(34(24)17-37-13-14-40(2,3)4)25(18-8-10-22(30)20(28)15-18)19-9-11-23(31)21(29)16-19/h8-11,15-16,25H,5-7,12-14,17H2,1-4H3. The summed E-state index contributed by atoms with van der Waals surface area (Å²) in [5, 5.41) is -0.0815. The molecule has 0 fully saturated rings. The Morgan fingerprint density at radius 1 is 1.00 bits per heavy atom. The fourth-order valence-electron chi connectivity index (χ4n) is 4.09. The quantitative estimate of drug-likeness (QED) is 0.0728. The van der Waals surface area contributed by atoms with Crippen molar-refractivity contribution in [2.75, 3.05) is 19.5 Å².